The van der Waals surface area contributed by atoms with Gasteiger partial charge in [0.1, 0.15) is 0 Å². The molecule has 0 heterocycles. The van der Waals surface area contributed by atoms with Crippen LogP contribution >= 0.6 is 0 Å². The molecule has 0 radical (unpaired) electrons. The Bertz CT molecular complexity index is 356. The van der Waals surface area contributed by atoms with Gasteiger partial charge in [-0.1, -0.05) is 13.3 Å². The van der Waals surface area contributed by atoms with Gasteiger partial charge in [0.05, 0.1) is 0 Å². The lowest BCUT2D eigenvalue weighted by molar-refractivity contribution is -0.140. The standard InChI is InChI=1S/C15H26N2O2/c1-4-9(2)16-14(18)15(19)17-10(3)13-8-11-5-6-12(13)7-11/h9-13H,4-8H2,1-3H3,(H,16,18)(H,17,19). The maximum Gasteiger partial charge on any atom is 0.309 e. The van der Waals surface area contributed by atoms with Crippen molar-refractivity contribution in [3.63, 3.8) is 0 Å². The Balaban J connectivity index is 1.80. The second-order valence-corrected chi connectivity index (χ2v) is 6.38. The molecule has 2 aliphatic carbocycles. The van der Waals surface area contributed by atoms with Crippen molar-refractivity contribution in [3.05, 3.63) is 0 Å². The van der Waals surface area contributed by atoms with Crippen molar-refractivity contribution in [2.24, 2.45) is 17.8 Å². The lowest BCUT2D eigenvalue weighted by atomic mass is 9.84. The summed E-state index contributed by atoms with van der Waals surface area (Å²) in [6, 6.07) is 0.168. The smallest absolute Gasteiger partial charge is 0.309 e. The van der Waals surface area contributed by atoms with Crippen LogP contribution < -0.4 is 10.6 Å². The second-order valence-electron chi connectivity index (χ2n) is 6.38. The van der Waals surface area contributed by atoms with Crippen LogP contribution in [-0.2, 0) is 9.59 Å². The minimum absolute atomic E-state index is 0.0519. The van der Waals surface area contributed by atoms with E-state index in [1.807, 2.05) is 20.8 Å². The molecule has 0 aromatic rings. The highest BCUT2D eigenvalue weighted by molar-refractivity contribution is 6.35. The molecule has 2 bridgehead atoms. The van der Waals surface area contributed by atoms with Gasteiger partial charge in [0.2, 0.25) is 0 Å². The number of rotatable bonds is 4. The molecule has 19 heavy (non-hydrogen) atoms. The Morgan fingerprint density at radius 1 is 1.11 bits per heavy atom. The van der Waals surface area contributed by atoms with Crippen molar-refractivity contribution in [1.29, 1.82) is 0 Å². The van der Waals surface area contributed by atoms with Crippen molar-refractivity contribution in [2.75, 3.05) is 0 Å². The molecule has 0 aliphatic heterocycles. The maximum absolute atomic E-state index is 11.8. The number of fused-ring (bicyclic) bond motifs is 2. The molecule has 5 atom stereocenters. The van der Waals surface area contributed by atoms with Gasteiger partial charge in [-0.3, -0.25) is 9.59 Å². The third-order valence-corrected chi connectivity index (χ3v) is 4.99. The zero-order valence-electron chi connectivity index (χ0n) is 12.2. The third-order valence-electron chi connectivity index (χ3n) is 4.99. The summed E-state index contributed by atoms with van der Waals surface area (Å²) >= 11 is 0. The molecule has 2 rings (SSSR count). The van der Waals surface area contributed by atoms with Crippen LogP contribution in [0.5, 0.6) is 0 Å². The van der Waals surface area contributed by atoms with E-state index < -0.39 is 11.8 Å². The van der Waals surface area contributed by atoms with Gasteiger partial charge >= 0.3 is 11.8 Å². The highest BCUT2D eigenvalue weighted by Gasteiger charge is 2.42. The number of hydrogen-bond donors (Lipinski definition) is 2. The Kier molecular flexibility index (Phi) is 4.48. The highest BCUT2D eigenvalue weighted by Crippen LogP contribution is 2.49. The van der Waals surface area contributed by atoms with Gasteiger partial charge in [-0.25, -0.2) is 0 Å². The van der Waals surface area contributed by atoms with E-state index in [0.717, 1.165) is 18.3 Å². The number of hydrogen-bond acceptors (Lipinski definition) is 2. The quantitative estimate of drug-likeness (QED) is 0.763. The fourth-order valence-corrected chi connectivity index (χ4v) is 3.68. The van der Waals surface area contributed by atoms with Crippen LogP contribution in [0.1, 0.15) is 52.9 Å². The molecule has 4 heteroatoms. The molecule has 2 N–H and O–H groups in total. The van der Waals surface area contributed by atoms with Crippen LogP contribution in [0.2, 0.25) is 0 Å². The molecule has 0 aromatic carbocycles. The largest absolute Gasteiger partial charge is 0.345 e. The maximum atomic E-state index is 11.8. The van der Waals surface area contributed by atoms with Crippen LogP contribution in [0.4, 0.5) is 0 Å². The first-order chi connectivity index (χ1) is 9.01. The SMILES string of the molecule is CCC(C)NC(=O)C(=O)NC(C)C1CC2CCC1C2. The molecule has 2 amide bonds. The minimum Gasteiger partial charge on any atom is -0.345 e. The second kappa shape index (κ2) is 5.93. The summed E-state index contributed by atoms with van der Waals surface area (Å²) in [7, 11) is 0. The van der Waals surface area contributed by atoms with Crippen LogP contribution in [0.25, 0.3) is 0 Å². The van der Waals surface area contributed by atoms with E-state index in [1.54, 1.807) is 0 Å². The van der Waals surface area contributed by atoms with E-state index in [-0.39, 0.29) is 12.1 Å². The normalized spacial score (nSPS) is 31.8. The molecule has 2 aliphatic rings. The predicted octanol–water partition coefficient (Wildman–Crippen LogP) is 1.84. The van der Waals surface area contributed by atoms with Crippen molar-refractivity contribution in [3.8, 4) is 0 Å². The molecule has 2 saturated carbocycles. The molecule has 0 aromatic heterocycles. The van der Waals surface area contributed by atoms with Gasteiger partial charge in [-0.2, -0.15) is 0 Å². The minimum atomic E-state index is -0.496. The first-order valence-corrected chi connectivity index (χ1v) is 7.62. The van der Waals surface area contributed by atoms with Gasteiger partial charge in [0.15, 0.2) is 0 Å². The van der Waals surface area contributed by atoms with E-state index >= 15 is 0 Å². The fraction of sp³-hybridized carbons (Fsp3) is 0.867. The number of carbonyl (C=O) groups excluding carboxylic acids is 2. The monoisotopic (exact) mass is 266 g/mol. The summed E-state index contributed by atoms with van der Waals surface area (Å²) in [5, 5.41) is 5.59. The van der Waals surface area contributed by atoms with E-state index in [1.165, 1.54) is 25.7 Å². The fourth-order valence-electron chi connectivity index (χ4n) is 3.68. The topological polar surface area (TPSA) is 58.2 Å². The summed E-state index contributed by atoms with van der Waals surface area (Å²) in [6.07, 6.45) is 6.04. The lowest BCUT2D eigenvalue weighted by Crippen LogP contribution is -2.48. The Morgan fingerprint density at radius 3 is 2.32 bits per heavy atom. The summed E-state index contributed by atoms with van der Waals surface area (Å²) in [6.45, 7) is 5.94. The molecule has 4 nitrogen and oxygen atoms in total. The lowest BCUT2D eigenvalue weighted by Gasteiger charge is -2.28. The third kappa shape index (κ3) is 3.28. The van der Waals surface area contributed by atoms with Gasteiger partial charge < -0.3 is 10.6 Å². The van der Waals surface area contributed by atoms with Crippen molar-refractivity contribution in [2.45, 2.75) is 65.0 Å². The van der Waals surface area contributed by atoms with E-state index in [2.05, 4.69) is 10.6 Å². The zero-order chi connectivity index (χ0) is 14.0. The summed E-state index contributed by atoms with van der Waals surface area (Å²) < 4.78 is 0. The van der Waals surface area contributed by atoms with Gasteiger partial charge in [-0.15, -0.1) is 0 Å². The van der Waals surface area contributed by atoms with E-state index in [4.69, 9.17) is 0 Å². The summed E-state index contributed by atoms with van der Waals surface area (Å²) in [5.74, 6) is 1.22. The Morgan fingerprint density at radius 2 is 1.79 bits per heavy atom. The van der Waals surface area contributed by atoms with Crippen molar-refractivity contribution >= 4 is 11.8 Å². The van der Waals surface area contributed by atoms with Crippen LogP contribution in [-0.4, -0.2) is 23.9 Å². The predicted molar refractivity (Wildman–Crippen MR) is 74.4 cm³/mol. The first-order valence-electron chi connectivity index (χ1n) is 7.62. The van der Waals surface area contributed by atoms with Crippen LogP contribution in [0, 0.1) is 17.8 Å². The molecule has 108 valence electrons. The zero-order valence-corrected chi connectivity index (χ0v) is 12.2. The van der Waals surface area contributed by atoms with Crippen LogP contribution in [0.3, 0.4) is 0 Å². The molecule has 2 fully saturated rings. The Labute approximate surface area is 115 Å². The van der Waals surface area contributed by atoms with Gasteiger partial charge in [0.25, 0.3) is 0 Å². The molecular weight excluding hydrogens is 240 g/mol. The van der Waals surface area contributed by atoms with E-state index in [0.29, 0.717) is 5.92 Å². The van der Waals surface area contributed by atoms with Gasteiger partial charge in [0, 0.05) is 12.1 Å². The van der Waals surface area contributed by atoms with Crippen molar-refractivity contribution in [1.82, 2.24) is 10.6 Å². The number of amides is 2. The van der Waals surface area contributed by atoms with Crippen molar-refractivity contribution < 1.29 is 9.59 Å². The van der Waals surface area contributed by atoms with Gasteiger partial charge in [-0.05, 0) is 57.3 Å². The Hall–Kier alpha value is -1.06. The summed E-state index contributed by atoms with van der Waals surface area (Å²) in [4.78, 5) is 23.5. The number of nitrogens with one attached hydrogen (secondary N) is 2. The average molecular weight is 266 g/mol. The van der Waals surface area contributed by atoms with E-state index in [9.17, 15) is 9.59 Å². The highest BCUT2D eigenvalue weighted by atomic mass is 16.2. The summed E-state index contributed by atoms with van der Waals surface area (Å²) in [5.41, 5.74) is 0. The molecule has 5 unspecified atom stereocenters. The average Bonchev–Trinajstić information content (AvgIpc) is 3.00. The van der Waals surface area contributed by atoms with Crippen LogP contribution in [0.15, 0.2) is 0 Å². The number of carbonyl (C=O) groups is 2. The molecule has 0 saturated heterocycles. The first kappa shape index (κ1) is 14.4. The molecular formula is C15H26N2O2. The molecule has 0 spiro atoms.